The first-order valence-corrected chi connectivity index (χ1v) is 9.05. The molecule has 6 aromatic rings. The quantitative estimate of drug-likeness (QED) is 0.372. The lowest BCUT2D eigenvalue weighted by Gasteiger charge is -2.09. The van der Waals surface area contributed by atoms with Gasteiger partial charge in [-0.1, -0.05) is 24.3 Å². The molecule has 0 atom stereocenters. The van der Waals surface area contributed by atoms with E-state index in [-0.39, 0.29) is 0 Å². The van der Waals surface area contributed by atoms with E-state index in [0.717, 1.165) is 54.6 Å². The molecule has 0 saturated heterocycles. The van der Waals surface area contributed by atoms with E-state index in [1.807, 2.05) is 49.1 Å². The summed E-state index contributed by atoms with van der Waals surface area (Å²) in [6, 6.07) is 19.7. The van der Waals surface area contributed by atoms with Crippen molar-refractivity contribution in [2.24, 2.45) is 0 Å². The molecule has 4 aromatic heterocycles. The van der Waals surface area contributed by atoms with E-state index in [0.29, 0.717) is 0 Å². The van der Waals surface area contributed by atoms with Crippen molar-refractivity contribution >= 4 is 43.4 Å². The monoisotopic (exact) mass is 357 g/mol. The lowest BCUT2D eigenvalue weighted by Crippen LogP contribution is -1.91. The third-order valence-electron chi connectivity index (χ3n) is 5.19. The standard InChI is InChI=1S/C24H13N4/c1-2-16-13-25-10-7-18(16)23-15(1)4-6-22(28-23)20-9-12-27-24-19-8-11-26-14-17(19)3-5-21(20)24/h1-5,7-14H. The number of benzene rings is 2. The van der Waals surface area contributed by atoms with Gasteiger partial charge in [0.05, 0.1) is 16.7 Å². The molecule has 4 heteroatoms. The van der Waals surface area contributed by atoms with Crippen LogP contribution in [0.2, 0.25) is 0 Å². The van der Waals surface area contributed by atoms with Crippen LogP contribution in [-0.2, 0) is 0 Å². The van der Waals surface area contributed by atoms with E-state index in [9.17, 15) is 0 Å². The Bertz CT molecular complexity index is 1520. The zero-order valence-corrected chi connectivity index (χ0v) is 14.8. The van der Waals surface area contributed by atoms with E-state index in [4.69, 9.17) is 4.98 Å². The number of aromatic nitrogens is 4. The Morgan fingerprint density at radius 1 is 0.607 bits per heavy atom. The van der Waals surface area contributed by atoms with Crippen molar-refractivity contribution in [1.29, 1.82) is 0 Å². The molecule has 0 fully saturated rings. The first kappa shape index (κ1) is 15.2. The van der Waals surface area contributed by atoms with Gasteiger partial charge < -0.3 is 0 Å². The number of rotatable bonds is 1. The minimum absolute atomic E-state index is 0.817. The van der Waals surface area contributed by atoms with Crippen LogP contribution in [0, 0.1) is 6.07 Å². The zero-order valence-electron chi connectivity index (χ0n) is 14.8. The summed E-state index contributed by atoms with van der Waals surface area (Å²) in [6.07, 6.45) is 9.18. The molecule has 4 nitrogen and oxygen atoms in total. The SMILES string of the molecule is [c]1cc2ccc3cnccc3c2nc1-c1ccnc2c1ccc1cnccc12. The molecule has 4 heterocycles. The highest BCUT2D eigenvalue weighted by Crippen LogP contribution is 2.32. The minimum atomic E-state index is 0.817. The van der Waals surface area contributed by atoms with Crippen LogP contribution in [0.15, 0.2) is 79.5 Å². The van der Waals surface area contributed by atoms with Gasteiger partial charge in [0.25, 0.3) is 0 Å². The van der Waals surface area contributed by atoms with Crippen LogP contribution in [0.1, 0.15) is 0 Å². The Balaban J connectivity index is 1.68. The molecule has 1 radical (unpaired) electrons. The molecule has 0 aliphatic rings. The number of nitrogens with zero attached hydrogens (tertiary/aromatic N) is 4. The van der Waals surface area contributed by atoms with Crippen molar-refractivity contribution in [1.82, 2.24) is 19.9 Å². The summed E-state index contributed by atoms with van der Waals surface area (Å²) in [5.74, 6) is 0. The lowest BCUT2D eigenvalue weighted by atomic mass is 10.0. The van der Waals surface area contributed by atoms with E-state index < -0.39 is 0 Å². The third-order valence-corrected chi connectivity index (χ3v) is 5.19. The van der Waals surface area contributed by atoms with Crippen molar-refractivity contribution in [3.05, 3.63) is 85.6 Å². The van der Waals surface area contributed by atoms with Gasteiger partial charge in [0, 0.05) is 74.9 Å². The third kappa shape index (κ3) is 2.18. The Labute approximate surface area is 160 Å². The second kappa shape index (κ2) is 5.79. The summed E-state index contributed by atoms with van der Waals surface area (Å²) in [5, 5.41) is 6.47. The van der Waals surface area contributed by atoms with Crippen molar-refractivity contribution < 1.29 is 0 Å². The predicted octanol–water partition coefficient (Wildman–Crippen LogP) is 5.35. The predicted molar refractivity (Wildman–Crippen MR) is 112 cm³/mol. The first-order valence-electron chi connectivity index (χ1n) is 9.05. The molecule has 0 aliphatic carbocycles. The Morgan fingerprint density at radius 3 is 2.14 bits per heavy atom. The zero-order chi connectivity index (χ0) is 18.5. The molecule has 0 N–H and O–H groups in total. The fourth-order valence-electron chi connectivity index (χ4n) is 3.83. The van der Waals surface area contributed by atoms with E-state index >= 15 is 0 Å². The van der Waals surface area contributed by atoms with Gasteiger partial charge in [-0.05, 0) is 24.3 Å². The van der Waals surface area contributed by atoms with Crippen LogP contribution in [0.3, 0.4) is 0 Å². The van der Waals surface area contributed by atoms with Crippen molar-refractivity contribution in [3.8, 4) is 11.3 Å². The summed E-state index contributed by atoms with van der Waals surface area (Å²) in [4.78, 5) is 18.0. The number of fused-ring (bicyclic) bond motifs is 6. The molecular weight excluding hydrogens is 344 g/mol. The van der Waals surface area contributed by atoms with Gasteiger partial charge >= 0.3 is 0 Å². The Kier molecular flexibility index (Phi) is 3.14. The van der Waals surface area contributed by atoms with Crippen molar-refractivity contribution in [2.45, 2.75) is 0 Å². The maximum atomic E-state index is 4.98. The maximum absolute atomic E-state index is 4.98. The van der Waals surface area contributed by atoms with Gasteiger partial charge in [0.15, 0.2) is 0 Å². The molecule has 0 bridgehead atoms. The first-order chi connectivity index (χ1) is 13.9. The van der Waals surface area contributed by atoms with E-state index in [1.165, 1.54) is 0 Å². The molecule has 0 aliphatic heterocycles. The highest BCUT2D eigenvalue weighted by Gasteiger charge is 2.11. The largest absolute Gasteiger partial charge is 0.264 e. The second-order valence-electron chi connectivity index (χ2n) is 6.77. The minimum Gasteiger partial charge on any atom is -0.264 e. The highest BCUT2D eigenvalue weighted by molar-refractivity contribution is 6.10. The van der Waals surface area contributed by atoms with Gasteiger partial charge in [0.1, 0.15) is 0 Å². The summed E-state index contributed by atoms with van der Waals surface area (Å²) in [5.41, 5.74) is 3.76. The lowest BCUT2D eigenvalue weighted by molar-refractivity contribution is 1.35. The van der Waals surface area contributed by atoms with Crippen molar-refractivity contribution in [2.75, 3.05) is 0 Å². The van der Waals surface area contributed by atoms with Crippen LogP contribution in [0.25, 0.3) is 54.6 Å². The molecule has 0 saturated carbocycles. The molecule has 0 amide bonds. The van der Waals surface area contributed by atoms with Crippen LogP contribution in [-0.4, -0.2) is 19.9 Å². The Morgan fingerprint density at radius 2 is 1.32 bits per heavy atom. The van der Waals surface area contributed by atoms with Crippen LogP contribution >= 0.6 is 0 Å². The number of hydrogen-bond donors (Lipinski definition) is 0. The Hall–Kier alpha value is -3.92. The van der Waals surface area contributed by atoms with Gasteiger partial charge in [-0.2, -0.15) is 0 Å². The molecule has 129 valence electrons. The maximum Gasteiger partial charge on any atom is 0.0796 e. The molecule has 28 heavy (non-hydrogen) atoms. The number of pyridine rings is 4. The summed E-state index contributed by atoms with van der Waals surface area (Å²) < 4.78 is 0. The van der Waals surface area contributed by atoms with Gasteiger partial charge in [-0.15, -0.1) is 0 Å². The molecule has 0 unspecified atom stereocenters. The van der Waals surface area contributed by atoms with Crippen LogP contribution in [0.5, 0.6) is 0 Å². The normalized spacial score (nSPS) is 11.6. The second-order valence-corrected chi connectivity index (χ2v) is 6.77. The van der Waals surface area contributed by atoms with E-state index in [2.05, 4.69) is 45.3 Å². The average molecular weight is 357 g/mol. The highest BCUT2D eigenvalue weighted by atomic mass is 14.7. The topological polar surface area (TPSA) is 51.6 Å². The average Bonchev–Trinajstić information content (AvgIpc) is 2.78. The van der Waals surface area contributed by atoms with Crippen molar-refractivity contribution in [3.63, 3.8) is 0 Å². The summed E-state index contributed by atoms with van der Waals surface area (Å²) in [7, 11) is 0. The van der Waals surface area contributed by atoms with E-state index in [1.54, 1.807) is 6.20 Å². The molecule has 0 spiro atoms. The fraction of sp³-hybridized carbons (Fsp3) is 0. The molecular formula is C24H13N4. The molecule has 2 aromatic carbocycles. The molecule has 6 rings (SSSR count). The number of hydrogen-bond acceptors (Lipinski definition) is 4. The van der Waals surface area contributed by atoms with Gasteiger partial charge in [-0.3, -0.25) is 15.0 Å². The van der Waals surface area contributed by atoms with Gasteiger partial charge in [-0.25, -0.2) is 4.98 Å². The van der Waals surface area contributed by atoms with Crippen LogP contribution < -0.4 is 0 Å². The smallest absolute Gasteiger partial charge is 0.0796 e. The fourth-order valence-corrected chi connectivity index (χ4v) is 3.83. The van der Waals surface area contributed by atoms with Gasteiger partial charge in [0.2, 0.25) is 0 Å². The summed E-state index contributed by atoms with van der Waals surface area (Å²) >= 11 is 0. The summed E-state index contributed by atoms with van der Waals surface area (Å²) in [6.45, 7) is 0. The van der Waals surface area contributed by atoms with Crippen LogP contribution in [0.4, 0.5) is 0 Å².